The van der Waals surface area contributed by atoms with Crippen molar-refractivity contribution in [1.29, 1.82) is 0 Å². The first-order chi connectivity index (χ1) is 13.0. The van der Waals surface area contributed by atoms with E-state index in [4.69, 9.17) is 0 Å². The van der Waals surface area contributed by atoms with Gasteiger partial charge in [-0.05, 0) is 18.2 Å². The van der Waals surface area contributed by atoms with Gasteiger partial charge in [-0.15, -0.1) is 0 Å². The minimum atomic E-state index is -0.443. The lowest BCUT2D eigenvalue weighted by atomic mass is 10.1. The Morgan fingerprint density at radius 3 is 2.63 bits per heavy atom. The Kier molecular flexibility index (Phi) is 5.41. The van der Waals surface area contributed by atoms with Gasteiger partial charge in [0.15, 0.2) is 0 Å². The number of carbonyl (C=O) groups excluding carboxylic acids is 1. The van der Waals surface area contributed by atoms with Crippen molar-refractivity contribution in [2.24, 2.45) is 0 Å². The highest BCUT2D eigenvalue weighted by molar-refractivity contribution is 5.91. The summed E-state index contributed by atoms with van der Waals surface area (Å²) in [5, 5.41) is 15.4. The third kappa shape index (κ3) is 4.46. The van der Waals surface area contributed by atoms with E-state index in [2.05, 4.69) is 5.10 Å². The Hall–Kier alpha value is -3.74. The zero-order valence-corrected chi connectivity index (χ0v) is 14.7. The first-order valence-electron chi connectivity index (χ1n) is 8.30. The summed E-state index contributed by atoms with van der Waals surface area (Å²) in [6.45, 7) is 0.156. The lowest BCUT2D eigenvalue weighted by molar-refractivity contribution is -0.385. The van der Waals surface area contributed by atoms with Crippen LogP contribution >= 0.6 is 0 Å². The SMILES string of the molecule is CN(Cc1ccccc1[N+](=O)[O-])C(=O)/C=C/c1cnn(-c2ccccc2)c1. The second kappa shape index (κ2) is 8.09. The molecule has 0 radical (unpaired) electrons. The summed E-state index contributed by atoms with van der Waals surface area (Å²) in [5.41, 5.74) is 2.21. The number of nitro benzene ring substituents is 1. The third-order valence-electron chi connectivity index (χ3n) is 4.01. The van der Waals surface area contributed by atoms with Crippen LogP contribution in [-0.2, 0) is 11.3 Å². The molecular formula is C20H18N4O3. The summed E-state index contributed by atoms with van der Waals surface area (Å²) >= 11 is 0. The fraction of sp³-hybridized carbons (Fsp3) is 0.100. The molecule has 0 unspecified atom stereocenters. The number of hydrogen-bond donors (Lipinski definition) is 0. The molecule has 27 heavy (non-hydrogen) atoms. The monoisotopic (exact) mass is 362 g/mol. The molecule has 0 fully saturated rings. The molecule has 3 aromatic rings. The lowest BCUT2D eigenvalue weighted by Gasteiger charge is -2.15. The summed E-state index contributed by atoms with van der Waals surface area (Å²) in [7, 11) is 1.61. The Labute approximate surface area is 156 Å². The summed E-state index contributed by atoms with van der Waals surface area (Å²) in [6, 6.07) is 16.1. The number of likely N-dealkylation sites (N-methyl/N-ethyl adjacent to an activating group) is 1. The van der Waals surface area contributed by atoms with Crippen LogP contribution in [0, 0.1) is 10.1 Å². The van der Waals surface area contributed by atoms with Gasteiger partial charge in [-0.25, -0.2) is 4.68 Å². The van der Waals surface area contributed by atoms with Gasteiger partial charge in [-0.3, -0.25) is 14.9 Å². The molecule has 7 heteroatoms. The fourth-order valence-corrected chi connectivity index (χ4v) is 2.60. The van der Waals surface area contributed by atoms with Crippen LogP contribution in [0.3, 0.4) is 0 Å². The topological polar surface area (TPSA) is 81.3 Å². The summed E-state index contributed by atoms with van der Waals surface area (Å²) < 4.78 is 1.72. The van der Waals surface area contributed by atoms with E-state index < -0.39 is 4.92 Å². The lowest BCUT2D eigenvalue weighted by Crippen LogP contribution is -2.24. The minimum absolute atomic E-state index is 0.00488. The van der Waals surface area contributed by atoms with Crippen LogP contribution < -0.4 is 0 Å². The van der Waals surface area contributed by atoms with E-state index in [1.807, 2.05) is 36.5 Å². The molecular weight excluding hydrogens is 344 g/mol. The Morgan fingerprint density at radius 1 is 1.19 bits per heavy atom. The number of amides is 1. The van der Waals surface area contributed by atoms with Crippen molar-refractivity contribution >= 4 is 17.7 Å². The van der Waals surface area contributed by atoms with Crippen LogP contribution in [0.1, 0.15) is 11.1 Å². The van der Waals surface area contributed by atoms with Gasteiger partial charge in [0, 0.05) is 36.5 Å². The quantitative estimate of drug-likeness (QED) is 0.382. The fourth-order valence-electron chi connectivity index (χ4n) is 2.60. The van der Waals surface area contributed by atoms with Crippen LogP contribution in [0.4, 0.5) is 5.69 Å². The molecule has 0 saturated carbocycles. The maximum Gasteiger partial charge on any atom is 0.274 e. The van der Waals surface area contributed by atoms with Crippen LogP contribution in [0.15, 0.2) is 73.1 Å². The highest BCUT2D eigenvalue weighted by Crippen LogP contribution is 2.19. The number of hydrogen-bond acceptors (Lipinski definition) is 4. The Morgan fingerprint density at radius 2 is 1.89 bits per heavy atom. The number of para-hydroxylation sites is 2. The normalized spacial score (nSPS) is 10.9. The van der Waals surface area contributed by atoms with Gasteiger partial charge < -0.3 is 4.90 Å². The van der Waals surface area contributed by atoms with E-state index in [1.54, 1.807) is 42.2 Å². The number of rotatable bonds is 6. The molecule has 0 N–H and O–H groups in total. The van der Waals surface area contributed by atoms with Gasteiger partial charge in [0.25, 0.3) is 5.69 Å². The standard InChI is InChI=1S/C20H18N4O3/c1-22(15-17-7-5-6-10-19(17)24(26)27)20(25)12-11-16-13-21-23(14-16)18-8-3-2-4-9-18/h2-14H,15H2,1H3/b12-11+. The minimum Gasteiger partial charge on any atom is -0.338 e. The summed E-state index contributed by atoms with van der Waals surface area (Å²) in [5.74, 6) is -0.249. The zero-order valence-electron chi connectivity index (χ0n) is 14.7. The van der Waals surface area contributed by atoms with E-state index in [9.17, 15) is 14.9 Å². The second-order valence-electron chi connectivity index (χ2n) is 5.97. The van der Waals surface area contributed by atoms with Gasteiger partial charge in [0.05, 0.1) is 23.4 Å². The Bertz CT molecular complexity index is 980. The molecule has 0 aliphatic heterocycles. The van der Waals surface area contributed by atoms with Gasteiger partial charge in [-0.2, -0.15) is 5.10 Å². The molecule has 0 aliphatic rings. The molecule has 0 aliphatic carbocycles. The summed E-state index contributed by atoms with van der Waals surface area (Å²) in [4.78, 5) is 24.4. The highest BCUT2D eigenvalue weighted by atomic mass is 16.6. The number of aromatic nitrogens is 2. The molecule has 1 amide bonds. The maximum atomic E-state index is 12.3. The van der Waals surface area contributed by atoms with Crippen molar-refractivity contribution in [3.05, 3.63) is 94.3 Å². The maximum absolute atomic E-state index is 12.3. The van der Waals surface area contributed by atoms with Crippen LogP contribution in [0.25, 0.3) is 11.8 Å². The van der Waals surface area contributed by atoms with Crippen molar-refractivity contribution in [2.75, 3.05) is 7.05 Å². The second-order valence-corrected chi connectivity index (χ2v) is 5.97. The Balaban J connectivity index is 1.67. The van der Waals surface area contributed by atoms with E-state index in [1.165, 1.54) is 17.0 Å². The number of benzene rings is 2. The largest absolute Gasteiger partial charge is 0.338 e. The van der Waals surface area contributed by atoms with Crippen LogP contribution in [-0.4, -0.2) is 32.6 Å². The smallest absolute Gasteiger partial charge is 0.274 e. The van der Waals surface area contributed by atoms with Gasteiger partial charge >= 0.3 is 0 Å². The number of carbonyl (C=O) groups is 1. The van der Waals surface area contributed by atoms with E-state index in [0.717, 1.165) is 11.3 Å². The predicted molar refractivity (Wildman–Crippen MR) is 102 cm³/mol. The molecule has 1 aromatic heterocycles. The molecule has 0 bridgehead atoms. The average molecular weight is 362 g/mol. The molecule has 0 atom stereocenters. The molecule has 0 saturated heterocycles. The summed E-state index contributed by atoms with van der Waals surface area (Å²) in [6.07, 6.45) is 6.59. The van der Waals surface area contributed by atoms with Crippen molar-refractivity contribution in [2.45, 2.75) is 6.54 Å². The van der Waals surface area contributed by atoms with Crippen molar-refractivity contribution in [3.63, 3.8) is 0 Å². The zero-order chi connectivity index (χ0) is 19.2. The van der Waals surface area contributed by atoms with Gasteiger partial charge in [0.1, 0.15) is 0 Å². The van der Waals surface area contributed by atoms with Crippen molar-refractivity contribution < 1.29 is 9.72 Å². The van der Waals surface area contributed by atoms with Gasteiger partial charge in [-0.1, -0.05) is 36.4 Å². The molecule has 7 nitrogen and oxygen atoms in total. The third-order valence-corrected chi connectivity index (χ3v) is 4.01. The van der Waals surface area contributed by atoms with E-state index >= 15 is 0 Å². The highest BCUT2D eigenvalue weighted by Gasteiger charge is 2.15. The molecule has 3 rings (SSSR count). The first-order valence-corrected chi connectivity index (χ1v) is 8.30. The van der Waals surface area contributed by atoms with Crippen molar-refractivity contribution in [1.82, 2.24) is 14.7 Å². The molecule has 1 heterocycles. The van der Waals surface area contributed by atoms with E-state index in [0.29, 0.717) is 5.56 Å². The first kappa shape index (κ1) is 18.1. The number of nitrogens with zero attached hydrogens (tertiary/aromatic N) is 4. The van der Waals surface area contributed by atoms with E-state index in [-0.39, 0.29) is 18.1 Å². The molecule has 0 spiro atoms. The molecule has 136 valence electrons. The van der Waals surface area contributed by atoms with Crippen molar-refractivity contribution in [3.8, 4) is 5.69 Å². The number of nitro groups is 1. The predicted octanol–water partition coefficient (Wildman–Crippen LogP) is 3.45. The van der Waals surface area contributed by atoms with Crippen LogP contribution in [0.2, 0.25) is 0 Å². The van der Waals surface area contributed by atoms with Gasteiger partial charge in [0.2, 0.25) is 5.91 Å². The van der Waals surface area contributed by atoms with Crippen LogP contribution in [0.5, 0.6) is 0 Å². The average Bonchev–Trinajstić information content (AvgIpc) is 3.16. The molecule has 2 aromatic carbocycles.